The number of hydrogen-bond donors (Lipinski definition) is 2. The first-order chi connectivity index (χ1) is 11.4. The minimum Gasteiger partial charge on any atom is -0.289 e. The van der Waals surface area contributed by atoms with Crippen molar-refractivity contribution < 1.29 is 26.4 Å². The van der Waals surface area contributed by atoms with Crippen molar-refractivity contribution in [3.63, 3.8) is 0 Å². The molecule has 2 aromatic rings. The lowest BCUT2D eigenvalue weighted by molar-refractivity contribution is -0.144. The topological polar surface area (TPSA) is 108 Å². The van der Waals surface area contributed by atoms with Crippen LogP contribution in [-0.4, -0.2) is 47.9 Å². The summed E-state index contributed by atoms with van der Waals surface area (Å²) in [5.74, 6) is -2.99. The smallest absolute Gasteiger partial charge is 0.289 e. The highest BCUT2D eigenvalue weighted by Crippen LogP contribution is 2.27. The molecular weight excluding hydrogens is 387 g/mol. The fraction of sp³-hybridized carbons (Fsp3) is 0.250. The molecule has 1 heterocycles. The summed E-state index contributed by atoms with van der Waals surface area (Å²) in [5, 5.41) is 6.77. The van der Waals surface area contributed by atoms with Crippen molar-refractivity contribution in [3.05, 3.63) is 34.6 Å². The lowest BCUT2D eigenvalue weighted by Gasteiger charge is -2.12. The molecule has 0 unspecified atom stereocenters. The van der Waals surface area contributed by atoms with Gasteiger partial charge in [-0.15, -0.1) is 5.10 Å². The van der Waals surface area contributed by atoms with Crippen LogP contribution in [0, 0.1) is 0 Å². The van der Waals surface area contributed by atoms with E-state index in [0.29, 0.717) is 0 Å². The van der Waals surface area contributed by atoms with Gasteiger partial charge in [-0.2, -0.15) is 18.2 Å². The molecule has 1 amide bonds. The van der Waals surface area contributed by atoms with Crippen molar-refractivity contribution in [2.45, 2.75) is 11.1 Å². The number of carbonyl (C=O) groups is 1. The van der Waals surface area contributed by atoms with E-state index in [1.807, 2.05) is 5.32 Å². The molecule has 0 aliphatic carbocycles. The van der Waals surface area contributed by atoms with E-state index in [4.69, 9.17) is 11.6 Å². The number of amides is 1. The summed E-state index contributed by atoms with van der Waals surface area (Å²) in [6.45, 7) is 0. The molecular formula is C12H11ClF3N5O3S. The Labute approximate surface area is 145 Å². The lowest BCUT2D eigenvalue weighted by atomic mass is 10.2. The second-order valence-electron chi connectivity index (χ2n) is 4.89. The highest BCUT2D eigenvalue weighted by molar-refractivity contribution is 7.89. The summed E-state index contributed by atoms with van der Waals surface area (Å²) in [7, 11) is -1.23. The molecule has 8 nitrogen and oxygen atoms in total. The number of H-pyrrole nitrogens is 1. The number of hydrogen-bond acceptors (Lipinski definition) is 5. The number of rotatable bonds is 4. The highest BCUT2D eigenvalue weighted by Gasteiger charge is 2.35. The second-order valence-corrected chi connectivity index (χ2v) is 7.45. The van der Waals surface area contributed by atoms with Gasteiger partial charge in [0.15, 0.2) is 0 Å². The number of alkyl halides is 3. The van der Waals surface area contributed by atoms with Crippen LogP contribution in [0.25, 0.3) is 0 Å². The van der Waals surface area contributed by atoms with Gasteiger partial charge in [-0.1, -0.05) is 11.6 Å². The summed E-state index contributed by atoms with van der Waals surface area (Å²) >= 11 is 5.87. The Bertz CT molecular complexity index is 911. The number of anilines is 1. The largest absolute Gasteiger partial charge is 0.451 e. The zero-order valence-electron chi connectivity index (χ0n) is 12.7. The molecule has 1 aromatic heterocycles. The Hall–Kier alpha value is -2.18. The van der Waals surface area contributed by atoms with Gasteiger partial charge in [0.25, 0.3) is 5.91 Å². The van der Waals surface area contributed by atoms with Gasteiger partial charge in [-0.25, -0.2) is 12.7 Å². The minimum atomic E-state index is -4.76. The van der Waals surface area contributed by atoms with Gasteiger partial charge in [0.05, 0.1) is 15.5 Å². The monoisotopic (exact) mass is 397 g/mol. The molecule has 0 bridgehead atoms. The maximum atomic E-state index is 12.4. The van der Waals surface area contributed by atoms with Gasteiger partial charge < -0.3 is 0 Å². The average Bonchev–Trinajstić information content (AvgIpc) is 2.95. The third-order valence-electron chi connectivity index (χ3n) is 2.94. The van der Waals surface area contributed by atoms with Crippen LogP contribution in [-0.2, 0) is 16.2 Å². The van der Waals surface area contributed by atoms with Gasteiger partial charge >= 0.3 is 6.18 Å². The maximum absolute atomic E-state index is 12.4. The van der Waals surface area contributed by atoms with Crippen LogP contribution < -0.4 is 5.32 Å². The van der Waals surface area contributed by atoms with Crippen LogP contribution in [0.5, 0.6) is 0 Å². The van der Waals surface area contributed by atoms with Gasteiger partial charge in [0.1, 0.15) is 0 Å². The number of halogens is 4. The standard InChI is InChI=1S/C12H11ClF3N5O3S/c1-21(2)25(23,24)6-3-4-8(13)7(5-6)9(22)17-11-18-10(19-20-11)12(14,15)16/h3-5H,1-2H3,(H2,17,18,19,20,22). The molecule has 0 saturated heterocycles. The minimum absolute atomic E-state index is 0.0956. The number of aromatic amines is 1. The van der Waals surface area contributed by atoms with Crippen molar-refractivity contribution in [2.24, 2.45) is 0 Å². The molecule has 13 heteroatoms. The number of carbonyl (C=O) groups excluding carboxylic acids is 1. The number of aromatic nitrogens is 3. The van der Waals surface area contributed by atoms with E-state index in [1.54, 1.807) is 5.10 Å². The molecule has 0 aliphatic heterocycles. The number of nitrogens with one attached hydrogen (secondary N) is 2. The molecule has 0 saturated carbocycles. The Morgan fingerprint density at radius 2 is 1.96 bits per heavy atom. The first kappa shape index (κ1) is 19.1. The second kappa shape index (κ2) is 6.61. The normalized spacial score (nSPS) is 12.4. The van der Waals surface area contributed by atoms with Crippen LogP contribution in [0.2, 0.25) is 5.02 Å². The van der Waals surface area contributed by atoms with Gasteiger partial charge in [0, 0.05) is 14.1 Å². The Kier molecular flexibility index (Phi) is 5.06. The number of benzene rings is 1. The van der Waals surface area contributed by atoms with Crippen molar-refractivity contribution in [3.8, 4) is 0 Å². The van der Waals surface area contributed by atoms with E-state index >= 15 is 0 Å². The van der Waals surface area contributed by atoms with E-state index in [1.165, 1.54) is 26.2 Å². The quantitative estimate of drug-likeness (QED) is 0.820. The molecule has 0 fully saturated rings. The predicted molar refractivity (Wildman–Crippen MR) is 81.7 cm³/mol. The van der Waals surface area contributed by atoms with Crippen molar-refractivity contribution >= 4 is 33.5 Å². The van der Waals surface area contributed by atoms with E-state index in [-0.39, 0.29) is 15.5 Å². The molecule has 0 atom stereocenters. The van der Waals surface area contributed by atoms with E-state index in [0.717, 1.165) is 10.4 Å². The molecule has 136 valence electrons. The average molecular weight is 398 g/mol. The highest BCUT2D eigenvalue weighted by atomic mass is 35.5. The molecule has 0 spiro atoms. The van der Waals surface area contributed by atoms with Gasteiger partial charge in [0.2, 0.25) is 21.8 Å². The summed E-state index contributed by atoms with van der Waals surface area (Å²) in [5.41, 5.74) is -0.261. The van der Waals surface area contributed by atoms with Gasteiger partial charge in [-0.3, -0.25) is 15.2 Å². The van der Waals surface area contributed by atoms with Crippen LogP contribution in [0.3, 0.4) is 0 Å². The molecule has 25 heavy (non-hydrogen) atoms. The van der Waals surface area contributed by atoms with Crippen molar-refractivity contribution in [1.29, 1.82) is 0 Å². The van der Waals surface area contributed by atoms with Crippen LogP contribution >= 0.6 is 11.6 Å². The molecule has 0 aliphatic rings. The summed E-state index contributed by atoms with van der Waals surface area (Å²) < 4.78 is 62.4. The summed E-state index contributed by atoms with van der Waals surface area (Å²) in [6.07, 6.45) is -4.76. The van der Waals surface area contributed by atoms with Crippen molar-refractivity contribution in [2.75, 3.05) is 19.4 Å². The van der Waals surface area contributed by atoms with Crippen LogP contribution in [0.15, 0.2) is 23.1 Å². The number of nitrogens with zero attached hydrogens (tertiary/aromatic N) is 3. The Morgan fingerprint density at radius 3 is 2.48 bits per heavy atom. The molecule has 1 aromatic carbocycles. The number of sulfonamides is 1. The first-order valence-corrected chi connectivity index (χ1v) is 8.28. The summed E-state index contributed by atoms with van der Waals surface area (Å²) in [4.78, 5) is 15.0. The molecule has 0 radical (unpaired) electrons. The SMILES string of the molecule is CN(C)S(=O)(=O)c1ccc(Cl)c(C(=O)Nc2n[nH]c(C(F)(F)F)n2)c1. The van der Waals surface area contributed by atoms with Crippen LogP contribution in [0.4, 0.5) is 19.1 Å². The maximum Gasteiger partial charge on any atom is 0.451 e. The zero-order chi connectivity index (χ0) is 19.0. The molecule has 2 rings (SSSR count). The van der Waals surface area contributed by atoms with Crippen molar-refractivity contribution in [1.82, 2.24) is 19.5 Å². The summed E-state index contributed by atoms with van der Waals surface area (Å²) in [6, 6.07) is 3.39. The fourth-order valence-electron chi connectivity index (χ4n) is 1.66. The Morgan fingerprint density at radius 1 is 1.32 bits per heavy atom. The molecule has 2 N–H and O–H groups in total. The lowest BCUT2D eigenvalue weighted by Crippen LogP contribution is -2.23. The van der Waals surface area contributed by atoms with E-state index in [9.17, 15) is 26.4 Å². The van der Waals surface area contributed by atoms with E-state index in [2.05, 4.69) is 10.1 Å². The Balaban J connectivity index is 2.32. The first-order valence-electron chi connectivity index (χ1n) is 6.46. The van der Waals surface area contributed by atoms with Gasteiger partial charge in [-0.05, 0) is 18.2 Å². The zero-order valence-corrected chi connectivity index (χ0v) is 14.3. The fourth-order valence-corrected chi connectivity index (χ4v) is 2.79. The van der Waals surface area contributed by atoms with E-state index < -0.39 is 33.9 Å². The third-order valence-corrected chi connectivity index (χ3v) is 5.08. The van der Waals surface area contributed by atoms with Crippen LogP contribution in [0.1, 0.15) is 16.2 Å². The predicted octanol–water partition coefficient (Wildman–Crippen LogP) is 1.98. The third kappa shape index (κ3) is 4.08.